The van der Waals surface area contributed by atoms with Gasteiger partial charge in [-0.15, -0.1) is 0 Å². The van der Waals surface area contributed by atoms with E-state index >= 15 is 0 Å². The third kappa shape index (κ3) is 3.39. The predicted octanol–water partition coefficient (Wildman–Crippen LogP) is 2.16. The third-order valence-electron chi connectivity index (χ3n) is 4.42. The minimum atomic E-state index is -0.0579. The van der Waals surface area contributed by atoms with Crippen LogP contribution in [0.15, 0.2) is 36.8 Å². The second-order valence-electron chi connectivity index (χ2n) is 6.33. The predicted molar refractivity (Wildman–Crippen MR) is 102 cm³/mol. The number of rotatable bonds is 6. The highest BCUT2D eigenvalue weighted by Crippen LogP contribution is 2.27. The fraction of sp³-hybridized carbons (Fsp3) is 0.263. The molecule has 0 saturated heterocycles. The number of carbonyl (C=O) groups is 1. The lowest BCUT2D eigenvalue weighted by molar-refractivity contribution is -0.122. The van der Waals surface area contributed by atoms with Crippen LogP contribution in [0.25, 0.3) is 33.5 Å². The molecule has 8 heteroatoms. The number of nitrogens with zero attached hydrogens (tertiary/aromatic N) is 4. The molecular formula is C19H20N6O2. The topological polar surface area (TPSA) is 97.7 Å². The SMILES string of the molecule is COCCC(=O)NCc1cccc(-c2cc3c(ncc4ncn(C)c43)[nH]2)n1. The summed E-state index contributed by atoms with van der Waals surface area (Å²) < 4.78 is 6.89. The maximum absolute atomic E-state index is 11.7. The highest BCUT2D eigenvalue weighted by Gasteiger charge is 2.12. The number of aromatic amines is 1. The van der Waals surface area contributed by atoms with E-state index in [-0.39, 0.29) is 5.91 Å². The zero-order valence-corrected chi connectivity index (χ0v) is 15.2. The highest BCUT2D eigenvalue weighted by molar-refractivity contribution is 6.02. The molecule has 0 aliphatic rings. The number of carbonyl (C=O) groups excluding carboxylic acids is 1. The van der Waals surface area contributed by atoms with E-state index < -0.39 is 0 Å². The summed E-state index contributed by atoms with van der Waals surface area (Å²) in [5.41, 5.74) is 5.14. The van der Waals surface area contributed by atoms with Crippen LogP contribution in [0, 0.1) is 0 Å². The van der Waals surface area contributed by atoms with Gasteiger partial charge in [-0.1, -0.05) is 6.07 Å². The summed E-state index contributed by atoms with van der Waals surface area (Å²) in [6.45, 7) is 0.782. The first-order valence-corrected chi connectivity index (χ1v) is 8.66. The molecule has 4 aromatic rings. The lowest BCUT2D eigenvalue weighted by Gasteiger charge is -2.06. The maximum Gasteiger partial charge on any atom is 0.222 e. The number of fused-ring (bicyclic) bond motifs is 3. The van der Waals surface area contributed by atoms with Crippen molar-refractivity contribution in [2.45, 2.75) is 13.0 Å². The summed E-state index contributed by atoms with van der Waals surface area (Å²) in [7, 11) is 3.54. The number of hydrogen-bond donors (Lipinski definition) is 2. The Morgan fingerprint density at radius 3 is 3.07 bits per heavy atom. The zero-order valence-electron chi connectivity index (χ0n) is 15.2. The molecule has 0 bridgehead atoms. The number of hydrogen-bond acceptors (Lipinski definition) is 5. The smallest absolute Gasteiger partial charge is 0.222 e. The van der Waals surface area contributed by atoms with Gasteiger partial charge < -0.3 is 19.6 Å². The molecule has 0 spiro atoms. The molecule has 4 rings (SSSR count). The number of nitrogens with one attached hydrogen (secondary N) is 2. The van der Waals surface area contributed by atoms with Gasteiger partial charge in [0.15, 0.2) is 0 Å². The van der Waals surface area contributed by atoms with Crippen molar-refractivity contribution in [3.05, 3.63) is 42.5 Å². The van der Waals surface area contributed by atoms with Crippen LogP contribution in [0.2, 0.25) is 0 Å². The summed E-state index contributed by atoms with van der Waals surface area (Å²) in [5, 5.41) is 3.85. The Morgan fingerprint density at radius 2 is 2.22 bits per heavy atom. The van der Waals surface area contributed by atoms with Gasteiger partial charge in [0.05, 0.1) is 48.3 Å². The van der Waals surface area contributed by atoms with Crippen LogP contribution in [0.4, 0.5) is 0 Å². The molecular weight excluding hydrogens is 344 g/mol. The Labute approximate surface area is 155 Å². The van der Waals surface area contributed by atoms with Gasteiger partial charge in [-0.25, -0.2) is 15.0 Å². The number of imidazole rings is 1. The van der Waals surface area contributed by atoms with Gasteiger partial charge in [0, 0.05) is 26.0 Å². The molecule has 0 atom stereocenters. The van der Waals surface area contributed by atoms with Gasteiger partial charge in [-0.05, 0) is 18.2 Å². The summed E-state index contributed by atoms with van der Waals surface area (Å²) >= 11 is 0. The van der Waals surface area contributed by atoms with E-state index in [1.165, 1.54) is 0 Å². The fourth-order valence-corrected chi connectivity index (χ4v) is 3.06. The number of H-pyrrole nitrogens is 1. The fourth-order valence-electron chi connectivity index (χ4n) is 3.06. The Balaban J connectivity index is 1.61. The molecule has 0 fully saturated rings. The lowest BCUT2D eigenvalue weighted by Crippen LogP contribution is -2.24. The van der Waals surface area contributed by atoms with Crippen molar-refractivity contribution in [2.75, 3.05) is 13.7 Å². The van der Waals surface area contributed by atoms with Crippen LogP contribution in [-0.2, 0) is 23.1 Å². The Morgan fingerprint density at radius 1 is 1.33 bits per heavy atom. The molecule has 27 heavy (non-hydrogen) atoms. The number of aryl methyl sites for hydroxylation is 1. The number of methoxy groups -OCH3 is 1. The van der Waals surface area contributed by atoms with Crippen LogP contribution < -0.4 is 5.32 Å². The van der Waals surface area contributed by atoms with Crippen molar-refractivity contribution in [3.63, 3.8) is 0 Å². The quantitative estimate of drug-likeness (QED) is 0.546. The molecule has 4 heterocycles. The first kappa shape index (κ1) is 17.2. The van der Waals surface area contributed by atoms with E-state index in [2.05, 4.69) is 25.3 Å². The molecule has 4 aromatic heterocycles. The van der Waals surface area contributed by atoms with Crippen LogP contribution in [-0.4, -0.2) is 44.1 Å². The van der Waals surface area contributed by atoms with E-state index in [0.717, 1.165) is 39.1 Å². The molecule has 0 aliphatic carbocycles. The second kappa shape index (κ2) is 7.16. The van der Waals surface area contributed by atoms with Gasteiger partial charge in [0.25, 0.3) is 0 Å². The van der Waals surface area contributed by atoms with Gasteiger partial charge in [-0.2, -0.15) is 0 Å². The summed E-state index contributed by atoms with van der Waals surface area (Å²) in [4.78, 5) is 28.5. The number of ether oxygens (including phenoxy) is 1. The largest absolute Gasteiger partial charge is 0.384 e. The van der Waals surface area contributed by atoms with Crippen LogP contribution in [0.1, 0.15) is 12.1 Å². The number of amides is 1. The lowest BCUT2D eigenvalue weighted by atomic mass is 10.2. The summed E-state index contributed by atoms with van der Waals surface area (Å²) in [5.74, 6) is -0.0579. The van der Waals surface area contributed by atoms with Crippen LogP contribution >= 0.6 is 0 Å². The van der Waals surface area contributed by atoms with Crippen molar-refractivity contribution in [2.24, 2.45) is 7.05 Å². The molecule has 0 unspecified atom stereocenters. The third-order valence-corrected chi connectivity index (χ3v) is 4.42. The molecule has 0 aliphatic heterocycles. The van der Waals surface area contributed by atoms with E-state index in [0.29, 0.717) is 19.6 Å². The van der Waals surface area contributed by atoms with Gasteiger partial charge in [0.2, 0.25) is 5.91 Å². The maximum atomic E-state index is 11.7. The molecule has 0 radical (unpaired) electrons. The zero-order chi connectivity index (χ0) is 18.8. The number of pyridine rings is 2. The minimum Gasteiger partial charge on any atom is -0.384 e. The van der Waals surface area contributed by atoms with Gasteiger partial charge in [0.1, 0.15) is 11.2 Å². The molecule has 1 amide bonds. The van der Waals surface area contributed by atoms with Crippen molar-refractivity contribution >= 4 is 28.0 Å². The average Bonchev–Trinajstić information content (AvgIpc) is 3.28. The average molecular weight is 364 g/mol. The van der Waals surface area contributed by atoms with Gasteiger partial charge in [-0.3, -0.25) is 4.79 Å². The van der Waals surface area contributed by atoms with Crippen molar-refractivity contribution in [1.29, 1.82) is 0 Å². The standard InChI is InChI=1S/C19H20N6O2/c1-25-11-22-16-10-21-19-13(18(16)25)8-15(24-19)14-5-3-4-12(23-14)9-20-17(26)6-7-27-2/h3-5,8,10-11H,6-7,9H2,1-2H3,(H,20,26)(H,21,24). The Kier molecular flexibility index (Phi) is 4.55. The molecule has 0 saturated carbocycles. The Hall–Kier alpha value is -3.26. The second-order valence-corrected chi connectivity index (χ2v) is 6.33. The first-order valence-electron chi connectivity index (χ1n) is 8.66. The summed E-state index contributed by atoms with van der Waals surface area (Å²) in [6, 6.07) is 7.79. The molecule has 138 valence electrons. The van der Waals surface area contributed by atoms with E-state index in [1.54, 1.807) is 19.6 Å². The Bertz CT molecular complexity index is 1110. The van der Waals surface area contributed by atoms with E-state index in [9.17, 15) is 4.79 Å². The monoisotopic (exact) mass is 364 g/mol. The van der Waals surface area contributed by atoms with E-state index in [4.69, 9.17) is 4.74 Å². The van der Waals surface area contributed by atoms with Crippen molar-refractivity contribution < 1.29 is 9.53 Å². The molecule has 8 nitrogen and oxygen atoms in total. The molecule has 0 aromatic carbocycles. The summed E-state index contributed by atoms with van der Waals surface area (Å²) in [6.07, 6.45) is 3.88. The van der Waals surface area contributed by atoms with E-state index in [1.807, 2.05) is 35.9 Å². The van der Waals surface area contributed by atoms with Crippen molar-refractivity contribution in [1.82, 2.24) is 29.8 Å². The minimum absolute atomic E-state index is 0.0579. The number of aromatic nitrogens is 5. The normalized spacial score (nSPS) is 11.3. The van der Waals surface area contributed by atoms with Crippen LogP contribution in [0.5, 0.6) is 0 Å². The molecule has 2 N–H and O–H groups in total. The van der Waals surface area contributed by atoms with Gasteiger partial charge >= 0.3 is 0 Å². The van der Waals surface area contributed by atoms with Crippen LogP contribution in [0.3, 0.4) is 0 Å². The first-order chi connectivity index (χ1) is 13.2. The van der Waals surface area contributed by atoms with Crippen molar-refractivity contribution in [3.8, 4) is 11.4 Å². The highest BCUT2D eigenvalue weighted by atomic mass is 16.5.